The third-order valence-corrected chi connectivity index (χ3v) is 3.92. The highest BCUT2D eigenvalue weighted by atomic mass is 16.5. The van der Waals surface area contributed by atoms with E-state index in [9.17, 15) is 24.0 Å². The normalized spacial score (nSPS) is 16.7. The van der Waals surface area contributed by atoms with Crippen molar-refractivity contribution < 1.29 is 28.7 Å². The van der Waals surface area contributed by atoms with Crippen molar-refractivity contribution in [3.8, 4) is 5.75 Å². The first-order valence-electron chi connectivity index (χ1n) is 8.05. The standard InChI is InChI=1S/C17H17N3O6/c1-9(2)6-19-15(23)16(24)20(17(19)25)7-12(21)10-3-4-13-11(5-10)18-14(22)8-26-13/h3-5,9H,6-8H2,1-2H3,(H,18,22). The van der Waals surface area contributed by atoms with Gasteiger partial charge in [0.15, 0.2) is 12.4 Å². The number of urea groups is 1. The zero-order valence-electron chi connectivity index (χ0n) is 14.3. The van der Waals surface area contributed by atoms with Gasteiger partial charge in [0.1, 0.15) is 5.75 Å². The first kappa shape index (κ1) is 17.6. The number of hydrogen-bond donors (Lipinski definition) is 1. The smallest absolute Gasteiger partial charge is 0.334 e. The Bertz CT molecular complexity index is 832. The molecule has 0 aliphatic carbocycles. The molecule has 1 fully saturated rings. The van der Waals surface area contributed by atoms with Gasteiger partial charge in [-0.2, -0.15) is 0 Å². The van der Waals surface area contributed by atoms with Crippen molar-refractivity contribution in [3.05, 3.63) is 23.8 Å². The number of amides is 5. The second kappa shape index (κ2) is 6.58. The van der Waals surface area contributed by atoms with Crippen LogP contribution in [0.3, 0.4) is 0 Å². The molecule has 2 aliphatic heterocycles. The maximum absolute atomic E-state index is 12.5. The van der Waals surface area contributed by atoms with E-state index in [4.69, 9.17) is 4.74 Å². The average molecular weight is 359 g/mol. The number of nitrogens with one attached hydrogen (secondary N) is 1. The Morgan fingerprint density at radius 1 is 1.15 bits per heavy atom. The van der Waals surface area contributed by atoms with Crippen LogP contribution in [0.25, 0.3) is 0 Å². The minimum Gasteiger partial charge on any atom is -0.482 e. The number of anilines is 1. The molecule has 0 aromatic heterocycles. The average Bonchev–Trinajstić information content (AvgIpc) is 2.78. The summed E-state index contributed by atoms with van der Waals surface area (Å²) in [4.78, 5) is 61.6. The molecule has 136 valence electrons. The highest BCUT2D eigenvalue weighted by Crippen LogP contribution is 2.28. The van der Waals surface area contributed by atoms with Gasteiger partial charge in [-0.25, -0.2) is 9.69 Å². The number of Topliss-reactive ketones (excluding diaryl/α,β-unsaturated/α-hetero) is 1. The van der Waals surface area contributed by atoms with Gasteiger partial charge in [-0.05, 0) is 24.1 Å². The molecule has 0 saturated carbocycles. The Kier molecular flexibility index (Phi) is 4.45. The largest absolute Gasteiger partial charge is 0.482 e. The van der Waals surface area contributed by atoms with Gasteiger partial charge in [0.05, 0.1) is 12.2 Å². The molecule has 1 N–H and O–H groups in total. The predicted octanol–water partition coefficient (Wildman–Crippen LogP) is 0.647. The molecule has 1 aromatic carbocycles. The Morgan fingerprint density at radius 2 is 1.85 bits per heavy atom. The topological polar surface area (TPSA) is 113 Å². The van der Waals surface area contributed by atoms with E-state index in [0.717, 1.165) is 4.90 Å². The van der Waals surface area contributed by atoms with E-state index in [0.29, 0.717) is 16.3 Å². The molecule has 0 unspecified atom stereocenters. The van der Waals surface area contributed by atoms with Crippen molar-refractivity contribution in [2.45, 2.75) is 13.8 Å². The Labute approximate surface area is 148 Å². The maximum Gasteiger partial charge on any atom is 0.334 e. The summed E-state index contributed by atoms with van der Waals surface area (Å²) in [5.41, 5.74) is 0.522. The predicted molar refractivity (Wildman–Crippen MR) is 88.6 cm³/mol. The maximum atomic E-state index is 12.5. The van der Waals surface area contributed by atoms with E-state index in [-0.39, 0.29) is 30.5 Å². The molecule has 0 spiro atoms. The van der Waals surface area contributed by atoms with E-state index < -0.39 is 30.2 Å². The van der Waals surface area contributed by atoms with E-state index in [1.165, 1.54) is 18.2 Å². The number of ketones is 1. The van der Waals surface area contributed by atoms with Crippen LogP contribution < -0.4 is 10.1 Å². The Balaban J connectivity index is 1.77. The first-order chi connectivity index (χ1) is 12.3. The fourth-order valence-electron chi connectivity index (χ4n) is 2.71. The summed E-state index contributed by atoms with van der Waals surface area (Å²) in [6.07, 6.45) is 0. The van der Waals surface area contributed by atoms with Crippen LogP contribution in [0.4, 0.5) is 10.5 Å². The molecule has 1 aromatic rings. The number of rotatable bonds is 5. The fourth-order valence-corrected chi connectivity index (χ4v) is 2.71. The Morgan fingerprint density at radius 3 is 2.54 bits per heavy atom. The van der Waals surface area contributed by atoms with Gasteiger partial charge in [-0.15, -0.1) is 0 Å². The molecule has 2 aliphatic rings. The highest BCUT2D eigenvalue weighted by Gasteiger charge is 2.45. The third-order valence-electron chi connectivity index (χ3n) is 3.92. The summed E-state index contributed by atoms with van der Waals surface area (Å²) >= 11 is 0. The number of carbonyl (C=O) groups is 5. The van der Waals surface area contributed by atoms with Crippen LogP contribution >= 0.6 is 0 Å². The molecule has 9 heteroatoms. The molecule has 26 heavy (non-hydrogen) atoms. The number of ether oxygens (including phenoxy) is 1. The summed E-state index contributed by atoms with van der Waals surface area (Å²) in [6.45, 7) is 3.07. The minimum atomic E-state index is -1.02. The Hall–Kier alpha value is -3.23. The van der Waals surface area contributed by atoms with Crippen LogP contribution in [-0.2, 0) is 14.4 Å². The van der Waals surface area contributed by atoms with Gasteiger partial charge in [-0.3, -0.25) is 24.1 Å². The second-order valence-corrected chi connectivity index (χ2v) is 6.45. The zero-order valence-corrected chi connectivity index (χ0v) is 14.3. The van der Waals surface area contributed by atoms with Crippen LogP contribution in [0, 0.1) is 5.92 Å². The van der Waals surface area contributed by atoms with Gasteiger partial charge < -0.3 is 10.1 Å². The zero-order chi connectivity index (χ0) is 19.0. The van der Waals surface area contributed by atoms with Gasteiger partial charge in [-0.1, -0.05) is 13.8 Å². The van der Waals surface area contributed by atoms with Crippen molar-refractivity contribution in [3.63, 3.8) is 0 Å². The number of nitrogens with zero attached hydrogens (tertiary/aromatic N) is 2. The summed E-state index contributed by atoms with van der Waals surface area (Å²) in [6, 6.07) is 3.60. The van der Waals surface area contributed by atoms with Gasteiger partial charge >= 0.3 is 17.8 Å². The van der Waals surface area contributed by atoms with Gasteiger partial charge in [0.25, 0.3) is 5.91 Å². The molecule has 5 amide bonds. The second-order valence-electron chi connectivity index (χ2n) is 6.45. The number of hydrogen-bond acceptors (Lipinski definition) is 6. The van der Waals surface area contributed by atoms with Crippen molar-refractivity contribution in [2.75, 3.05) is 25.0 Å². The van der Waals surface area contributed by atoms with Crippen molar-refractivity contribution >= 4 is 35.2 Å². The van der Waals surface area contributed by atoms with Crippen molar-refractivity contribution in [1.82, 2.24) is 9.80 Å². The quantitative estimate of drug-likeness (QED) is 0.469. The number of carbonyl (C=O) groups excluding carboxylic acids is 5. The summed E-state index contributed by atoms with van der Waals surface area (Å²) in [5.74, 6) is -2.40. The summed E-state index contributed by atoms with van der Waals surface area (Å²) in [5, 5.41) is 2.58. The molecule has 0 atom stereocenters. The van der Waals surface area contributed by atoms with Crippen LogP contribution in [0.5, 0.6) is 5.75 Å². The highest BCUT2D eigenvalue weighted by molar-refractivity contribution is 6.45. The molecule has 1 saturated heterocycles. The minimum absolute atomic E-state index is 0.00407. The van der Waals surface area contributed by atoms with Crippen LogP contribution in [0.1, 0.15) is 24.2 Å². The van der Waals surface area contributed by atoms with Crippen molar-refractivity contribution in [2.24, 2.45) is 5.92 Å². The van der Waals surface area contributed by atoms with Crippen molar-refractivity contribution in [1.29, 1.82) is 0 Å². The summed E-state index contributed by atoms with van der Waals surface area (Å²) < 4.78 is 5.21. The van der Waals surface area contributed by atoms with Crippen LogP contribution in [0.15, 0.2) is 18.2 Å². The monoisotopic (exact) mass is 359 g/mol. The lowest BCUT2D eigenvalue weighted by Gasteiger charge is -2.19. The number of fused-ring (bicyclic) bond motifs is 1. The molecular weight excluding hydrogens is 342 g/mol. The lowest BCUT2D eigenvalue weighted by Crippen LogP contribution is -2.38. The molecule has 0 bridgehead atoms. The lowest BCUT2D eigenvalue weighted by atomic mass is 10.1. The molecule has 2 heterocycles. The SMILES string of the molecule is CC(C)CN1C(=O)C(=O)N(CC(=O)c2ccc3c(c2)NC(=O)CO3)C1=O. The molecule has 9 nitrogen and oxygen atoms in total. The first-order valence-corrected chi connectivity index (χ1v) is 8.05. The van der Waals surface area contributed by atoms with Gasteiger partial charge in [0.2, 0.25) is 0 Å². The number of benzene rings is 1. The van der Waals surface area contributed by atoms with E-state index in [2.05, 4.69) is 5.32 Å². The molecular formula is C17H17N3O6. The van der Waals surface area contributed by atoms with E-state index in [1.807, 2.05) is 13.8 Å². The lowest BCUT2D eigenvalue weighted by molar-refractivity contribution is -0.143. The molecule has 3 rings (SSSR count). The summed E-state index contributed by atoms with van der Waals surface area (Å²) in [7, 11) is 0. The van der Waals surface area contributed by atoms with Crippen LogP contribution in [0.2, 0.25) is 0 Å². The fraction of sp³-hybridized carbons (Fsp3) is 0.353. The number of imide groups is 2. The van der Waals surface area contributed by atoms with Crippen LogP contribution in [-0.4, -0.2) is 59.0 Å². The van der Waals surface area contributed by atoms with E-state index >= 15 is 0 Å². The molecule has 0 radical (unpaired) electrons. The van der Waals surface area contributed by atoms with Gasteiger partial charge in [0, 0.05) is 12.1 Å². The van der Waals surface area contributed by atoms with E-state index in [1.54, 1.807) is 0 Å². The third kappa shape index (κ3) is 3.15.